The highest BCUT2D eigenvalue weighted by Crippen LogP contribution is 2.29. The number of nitrogens with zero attached hydrogens (tertiary/aromatic N) is 7. The number of amides is 3. The number of carbonyl (C=O) groups excluding carboxylic acids is 6. The number of hydrogen-bond acceptors (Lipinski definition) is 27. The van der Waals surface area contributed by atoms with Gasteiger partial charge < -0.3 is 59.7 Å². The molecule has 0 unspecified atom stereocenters. The number of carbonyl (C=O) groups is 6. The Hall–Kier alpha value is -16.8. The van der Waals surface area contributed by atoms with Crippen molar-refractivity contribution in [3.63, 3.8) is 0 Å². The minimum atomic E-state index is -0.686. The number of benzene rings is 9. The molecule has 0 atom stereocenters. The Morgan fingerprint density at radius 2 is 0.884 bits per heavy atom. The average molecular weight is 1870 g/mol. The van der Waals surface area contributed by atoms with Gasteiger partial charge in [0.15, 0.2) is 17.3 Å². The summed E-state index contributed by atoms with van der Waals surface area (Å²) in [7, 11) is 1.50. The lowest BCUT2D eigenvalue weighted by Gasteiger charge is -2.20. The van der Waals surface area contributed by atoms with Crippen molar-refractivity contribution in [3.05, 3.63) is 389 Å². The molecule has 36 nitrogen and oxygen atoms in total. The fourth-order valence-electron chi connectivity index (χ4n) is 15.4. The maximum Gasteiger partial charge on any atom is 0.274 e. The number of halogens is 1. The molecule has 16 N–H and O–H groups in total. The number of hydrogen-bond donors (Lipinski definition) is 15. The van der Waals surface area contributed by atoms with Gasteiger partial charge in [-0.05, 0) is 156 Å². The second kappa shape index (κ2) is 46.7. The van der Waals surface area contributed by atoms with Crippen LogP contribution in [0.3, 0.4) is 0 Å². The standard InChI is InChI=1S/C18H17N3O3.C18H16N2O3.C17H13FN2O3.C17H20N2O3.C16H15N3O4.C15H12N4O4/c19-9-14-11-21(10-12-4-2-1-3-5-12)18(23)16-8-13(17(22)20-24)6-7-15(14)16;21-11-16(22)13-7-8-14-15(10-13)19-17(20-18(14)23)9-6-12-4-2-1-3-5-12;18-13-4-2-1-3-10(13)8-16-19-14-7-11(15(22)9-21)5-6-12(14)17(23)20-16;20-10-15(21)12-6-7-13-14(9-12)18-16(19-17(13)22)8-11-4-2-1-3-5-11;1-9-2-4-11(23-9)5-7-14-17-13-8-10(15(20)19-22)3-6-12(13)16(21)18-14;1-23-12-4-5-16-7-10(12)13-17-11-6-8(14(20)19-22)2-3-9(11)15(21)18-13/h1-8,11,24H,9-10,19H2,(H,20,22);1-5,7-8,10,21H,6,9,11H2,(H,19,20,23);1-7,21H,8-9H2,(H,19,20,23);6-7,9,11,20H,1-5,8,10H2,(H,18,19,22);2-4,6,8,22H,5,7H2,1H3,(H,19,20)(H,17,18,21);2-7,22H,1H3,(H,19,20)(H,17,18,21). The molecular formula is C101H93FN16O20. The quantitative estimate of drug-likeness (QED) is 0.0152. The van der Waals surface area contributed by atoms with Crippen LogP contribution in [0.4, 0.5) is 4.39 Å². The van der Waals surface area contributed by atoms with E-state index in [0.29, 0.717) is 148 Å². The Kier molecular flexibility index (Phi) is 33.4. The summed E-state index contributed by atoms with van der Waals surface area (Å²) in [6.45, 7) is 0.847. The Labute approximate surface area is 781 Å². The van der Waals surface area contributed by atoms with Gasteiger partial charge in [0.25, 0.3) is 51.1 Å². The SMILES string of the molecule is COc1ccncc1-c1nc2cc(C(=O)NO)ccc2c(=O)[nH]1.Cc1ccc(CCc2nc3cc(C(=O)NO)ccc3c(=O)[nH]2)o1.NCc1cn(Cc2ccccc2)c(=O)c2cc(C(=O)NO)ccc12.O=C(CO)c1ccc2c(=O)[nH]c(CC3CCCCC3)nc2c1.O=C(CO)c1ccc2c(=O)[nH]c(CCc3ccccc3)nc2c1.O=C(CO)c1ccc2c(=O)[nH]c(Cc3ccccc3F)nc2c1. The molecule has 138 heavy (non-hydrogen) atoms. The van der Waals surface area contributed by atoms with Gasteiger partial charge in [-0.25, -0.2) is 45.8 Å². The average Bonchev–Trinajstić information content (AvgIpc) is 0.845. The zero-order chi connectivity index (χ0) is 98.1. The maximum atomic E-state index is 13.7. The van der Waals surface area contributed by atoms with Gasteiger partial charge >= 0.3 is 0 Å². The molecule has 1 aliphatic rings. The number of methoxy groups -OCH3 is 1. The number of aliphatic hydroxyl groups is 3. The van der Waals surface area contributed by atoms with Gasteiger partial charge in [0, 0.05) is 96.0 Å². The molecule has 0 spiro atoms. The van der Waals surface area contributed by atoms with Gasteiger partial charge in [-0.3, -0.25) is 78.1 Å². The number of pyridine rings is 2. The van der Waals surface area contributed by atoms with E-state index in [1.807, 2.05) is 79.7 Å². The van der Waals surface area contributed by atoms with Crippen LogP contribution in [0.1, 0.15) is 151 Å². The van der Waals surface area contributed by atoms with Crippen molar-refractivity contribution in [2.24, 2.45) is 11.7 Å². The summed E-state index contributed by atoms with van der Waals surface area (Å²) in [4.78, 5) is 182. The number of ether oxygens (including phenoxy) is 1. The van der Waals surface area contributed by atoms with Crippen LogP contribution in [0.15, 0.2) is 264 Å². The van der Waals surface area contributed by atoms with Crippen molar-refractivity contribution in [3.8, 4) is 17.1 Å². The zero-order valence-electron chi connectivity index (χ0n) is 74.3. The van der Waals surface area contributed by atoms with Gasteiger partial charge in [-0.1, -0.05) is 135 Å². The lowest BCUT2D eigenvalue weighted by molar-refractivity contribution is 0.0702. The lowest BCUT2D eigenvalue weighted by Crippen LogP contribution is -2.23. The van der Waals surface area contributed by atoms with E-state index >= 15 is 0 Å². The first-order chi connectivity index (χ1) is 66.7. The number of furan rings is 1. The largest absolute Gasteiger partial charge is 0.496 e. The normalized spacial score (nSPS) is 11.6. The third kappa shape index (κ3) is 25.0. The molecule has 9 aromatic carbocycles. The molecule has 0 bridgehead atoms. The Balaban J connectivity index is 0.000000140. The highest BCUT2D eigenvalue weighted by Gasteiger charge is 2.21. The molecule has 17 aromatic rings. The molecule has 8 heterocycles. The van der Waals surface area contributed by atoms with Gasteiger partial charge in [-0.15, -0.1) is 0 Å². The molecule has 704 valence electrons. The first-order valence-corrected chi connectivity index (χ1v) is 43.4. The predicted molar refractivity (Wildman–Crippen MR) is 509 cm³/mol. The number of aliphatic hydroxyl groups excluding tert-OH is 3. The van der Waals surface area contributed by atoms with Gasteiger partial charge in [0.2, 0.25) is 0 Å². The summed E-state index contributed by atoms with van der Waals surface area (Å²) in [5, 5.41) is 56.0. The highest BCUT2D eigenvalue weighted by atomic mass is 19.1. The van der Waals surface area contributed by atoms with E-state index in [9.17, 15) is 61.9 Å². The highest BCUT2D eigenvalue weighted by molar-refractivity contribution is 6.03. The summed E-state index contributed by atoms with van der Waals surface area (Å²) in [6, 6.07) is 58.4. The molecule has 3 amide bonds. The van der Waals surface area contributed by atoms with Crippen LogP contribution >= 0.6 is 0 Å². The smallest absolute Gasteiger partial charge is 0.274 e. The molecule has 8 aromatic heterocycles. The van der Waals surface area contributed by atoms with E-state index in [2.05, 4.69) is 54.8 Å². The van der Waals surface area contributed by atoms with E-state index in [-0.39, 0.29) is 91.8 Å². The van der Waals surface area contributed by atoms with Gasteiger partial charge in [0.05, 0.1) is 73.7 Å². The maximum absolute atomic E-state index is 13.7. The molecule has 0 saturated heterocycles. The molecule has 37 heteroatoms. The van der Waals surface area contributed by atoms with Crippen molar-refractivity contribution < 1.29 is 73.3 Å². The van der Waals surface area contributed by atoms with Crippen LogP contribution in [0.25, 0.3) is 76.7 Å². The summed E-state index contributed by atoms with van der Waals surface area (Å²) in [6.07, 6.45) is 14.4. The van der Waals surface area contributed by atoms with Crippen LogP contribution in [-0.4, -0.2) is 152 Å². The number of hydroxylamine groups is 3. The number of aromatic nitrogens is 12. The van der Waals surface area contributed by atoms with E-state index in [1.165, 1.54) is 124 Å². The van der Waals surface area contributed by atoms with Crippen LogP contribution in [0.5, 0.6) is 5.75 Å². The number of nitrogens with one attached hydrogen (secondary N) is 8. The Bertz CT molecular complexity index is 7770. The van der Waals surface area contributed by atoms with E-state index in [4.69, 9.17) is 45.8 Å². The number of H-pyrrole nitrogens is 5. The summed E-state index contributed by atoms with van der Waals surface area (Å²) < 4.78 is 26.0. The van der Waals surface area contributed by atoms with Crippen molar-refractivity contribution in [1.82, 2.24) is 75.8 Å². The van der Waals surface area contributed by atoms with Crippen LogP contribution in [-0.2, 0) is 51.6 Å². The summed E-state index contributed by atoms with van der Waals surface area (Å²) in [5.41, 5.74) is 16.5. The topological polar surface area (TPSA) is 572 Å². The third-order valence-corrected chi connectivity index (χ3v) is 22.5. The first-order valence-electron chi connectivity index (χ1n) is 43.4. The van der Waals surface area contributed by atoms with E-state index in [0.717, 1.165) is 35.5 Å². The third-order valence-electron chi connectivity index (χ3n) is 22.5. The van der Waals surface area contributed by atoms with Crippen molar-refractivity contribution >= 4 is 100 Å². The van der Waals surface area contributed by atoms with Gasteiger partial charge in [0.1, 0.15) is 72.0 Å². The fraction of sp³-hybridized carbons (Fsp3) is 0.188. The van der Waals surface area contributed by atoms with Gasteiger partial charge in [-0.2, -0.15) is 0 Å². The second-order valence-corrected chi connectivity index (χ2v) is 31.8. The molecular weight excluding hydrogens is 1780 g/mol. The minimum absolute atomic E-state index is 0.135. The van der Waals surface area contributed by atoms with Crippen molar-refractivity contribution in [2.75, 3.05) is 26.9 Å². The predicted octanol–water partition coefficient (Wildman–Crippen LogP) is 10.4. The van der Waals surface area contributed by atoms with Crippen LogP contribution in [0, 0.1) is 18.7 Å². The number of Topliss-reactive ketones (excluding diaryl/α,β-unsaturated/α-hetero) is 3. The molecule has 0 radical (unpaired) electrons. The van der Waals surface area contributed by atoms with Crippen LogP contribution in [0.2, 0.25) is 0 Å². The second-order valence-electron chi connectivity index (χ2n) is 31.8. The monoisotopic (exact) mass is 1870 g/mol. The van der Waals surface area contributed by atoms with E-state index < -0.39 is 43.3 Å². The number of aryl methyl sites for hydroxylation is 5. The molecule has 18 rings (SSSR count). The Morgan fingerprint density at radius 3 is 1.36 bits per heavy atom. The molecule has 0 aliphatic heterocycles. The van der Waals surface area contributed by atoms with Crippen molar-refractivity contribution in [1.29, 1.82) is 0 Å². The number of ketones is 3. The molecule has 1 saturated carbocycles. The van der Waals surface area contributed by atoms with E-state index in [1.54, 1.807) is 100 Å². The number of nitrogens with two attached hydrogens (primary N) is 1. The fourth-order valence-corrected chi connectivity index (χ4v) is 15.4. The van der Waals surface area contributed by atoms with Crippen molar-refractivity contribution in [2.45, 2.75) is 90.6 Å². The first kappa shape index (κ1) is 98.7. The molecule has 1 fully saturated rings. The summed E-state index contributed by atoms with van der Waals surface area (Å²) >= 11 is 0. The number of aromatic amines is 5. The number of rotatable bonds is 24. The minimum Gasteiger partial charge on any atom is -0.496 e. The van der Waals surface area contributed by atoms with Crippen LogP contribution < -0.4 is 60.3 Å². The zero-order valence-corrected chi connectivity index (χ0v) is 74.3. The number of fused-ring (bicyclic) bond motifs is 6. The molecule has 1 aliphatic carbocycles. The lowest BCUT2D eigenvalue weighted by atomic mass is 9.87. The summed E-state index contributed by atoms with van der Waals surface area (Å²) in [5.74, 6) is 1.52. The Morgan fingerprint density at radius 1 is 0.457 bits per heavy atom.